The summed E-state index contributed by atoms with van der Waals surface area (Å²) in [5.41, 5.74) is 6.96. The number of hydrogen-bond acceptors (Lipinski definition) is 6. The first kappa shape index (κ1) is 17.2. The van der Waals surface area contributed by atoms with Crippen LogP contribution in [0.15, 0.2) is 58.5 Å². The van der Waals surface area contributed by atoms with Gasteiger partial charge >= 0.3 is 5.97 Å². The highest BCUT2D eigenvalue weighted by molar-refractivity contribution is 8.06. The molecule has 1 aromatic carbocycles. The molecule has 4 rings (SSSR count). The number of hydrogen-bond donors (Lipinski definition) is 2. The lowest BCUT2D eigenvalue weighted by Gasteiger charge is -2.47. The maximum Gasteiger partial charge on any atom is 0.353 e. The van der Waals surface area contributed by atoms with Crippen molar-refractivity contribution in [3.05, 3.63) is 59.2 Å². The summed E-state index contributed by atoms with van der Waals surface area (Å²) in [6, 6.07) is 7.33. The number of thioether (sulfide) groups is 2. The highest BCUT2D eigenvalue weighted by atomic mass is 32.2. The normalized spacial score (nSPS) is 22.2. The number of carboxylic acids is 1. The van der Waals surface area contributed by atoms with E-state index in [1.807, 2.05) is 35.0 Å². The second kappa shape index (κ2) is 6.82. The number of rotatable bonds is 5. The Labute approximate surface area is 158 Å². The minimum absolute atomic E-state index is 0.0629. The topological polar surface area (TPSA) is 101 Å². The molecule has 1 amide bonds. The van der Waals surface area contributed by atoms with Gasteiger partial charge in [-0.15, -0.1) is 11.8 Å². The number of aliphatic carboxylic acids is 1. The summed E-state index contributed by atoms with van der Waals surface area (Å²) in [5.74, 6) is -0.881. The van der Waals surface area contributed by atoms with Crippen molar-refractivity contribution in [2.45, 2.75) is 22.9 Å². The molecule has 2 aliphatic heterocycles. The summed E-state index contributed by atoms with van der Waals surface area (Å²) in [4.78, 5) is 30.6. The van der Waals surface area contributed by atoms with Gasteiger partial charge in [0.2, 0.25) is 5.91 Å². The highest BCUT2D eigenvalue weighted by Gasteiger charge is 2.51. The van der Waals surface area contributed by atoms with Crippen LogP contribution in [0.5, 0.6) is 0 Å². The first-order valence-corrected chi connectivity index (χ1v) is 9.80. The third kappa shape index (κ3) is 3.02. The van der Waals surface area contributed by atoms with Gasteiger partial charge in [-0.2, -0.15) is 0 Å². The van der Waals surface area contributed by atoms with Gasteiger partial charge in [0, 0.05) is 34.5 Å². The lowest BCUT2D eigenvalue weighted by atomic mass is 10.1. The van der Waals surface area contributed by atoms with Gasteiger partial charge in [0.25, 0.3) is 0 Å². The first-order valence-electron chi connectivity index (χ1n) is 7.94. The van der Waals surface area contributed by atoms with Gasteiger partial charge in [0.15, 0.2) is 0 Å². The van der Waals surface area contributed by atoms with Crippen molar-refractivity contribution < 1.29 is 14.7 Å². The van der Waals surface area contributed by atoms with Gasteiger partial charge in [-0.3, -0.25) is 9.69 Å². The molecule has 7 nitrogen and oxygen atoms in total. The maximum atomic E-state index is 12.0. The fraction of sp³-hybridized carbons (Fsp3) is 0.235. The van der Waals surface area contributed by atoms with Crippen LogP contribution in [0.4, 0.5) is 0 Å². The monoisotopic (exact) mass is 388 g/mol. The summed E-state index contributed by atoms with van der Waals surface area (Å²) >= 11 is 2.89. The highest BCUT2D eigenvalue weighted by Crippen LogP contribution is 2.44. The number of carboxylic acid groups (broad SMARTS) is 1. The molecule has 9 heteroatoms. The van der Waals surface area contributed by atoms with E-state index in [9.17, 15) is 14.7 Å². The number of carbonyl (C=O) groups is 2. The summed E-state index contributed by atoms with van der Waals surface area (Å²) in [5, 5.41) is 9.31. The number of amides is 1. The van der Waals surface area contributed by atoms with Crippen LogP contribution in [0.25, 0.3) is 0 Å². The lowest BCUT2D eigenvalue weighted by Crippen LogP contribution is -2.68. The standard InChI is InChI=1S/C17H16N4O3S2/c18-13-15(22)21-14(17(23)24)12(8-25-16(13)21)26-11-3-1-10(2-4-11)7-20-6-5-19-9-20/h1-6,9,13,16H,7-8,18H2,(H,23,24)/t13-,16-/m1/s1. The molecular weight excluding hydrogens is 372 g/mol. The number of nitrogens with two attached hydrogens (primary N) is 1. The van der Waals surface area contributed by atoms with Crippen LogP contribution in [-0.2, 0) is 16.1 Å². The quantitative estimate of drug-likeness (QED) is 0.750. The Balaban J connectivity index is 1.53. The van der Waals surface area contributed by atoms with E-state index >= 15 is 0 Å². The Bertz CT molecular complexity index is 880. The van der Waals surface area contributed by atoms with Crippen molar-refractivity contribution in [3.63, 3.8) is 0 Å². The van der Waals surface area contributed by atoms with E-state index in [1.54, 1.807) is 12.5 Å². The smallest absolute Gasteiger partial charge is 0.353 e. The lowest BCUT2D eigenvalue weighted by molar-refractivity contribution is -0.147. The van der Waals surface area contributed by atoms with Crippen molar-refractivity contribution >= 4 is 35.4 Å². The van der Waals surface area contributed by atoms with Gasteiger partial charge in [-0.05, 0) is 17.7 Å². The van der Waals surface area contributed by atoms with E-state index in [-0.39, 0.29) is 17.0 Å². The van der Waals surface area contributed by atoms with E-state index in [1.165, 1.54) is 28.4 Å². The fourth-order valence-electron chi connectivity index (χ4n) is 2.96. The average molecular weight is 388 g/mol. The molecule has 2 atom stereocenters. The molecule has 1 saturated heterocycles. The molecule has 0 saturated carbocycles. The van der Waals surface area contributed by atoms with Crippen LogP contribution < -0.4 is 5.73 Å². The predicted molar refractivity (Wildman–Crippen MR) is 99.4 cm³/mol. The molecule has 1 aromatic heterocycles. The molecule has 3 heterocycles. The van der Waals surface area contributed by atoms with Gasteiger partial charge in [-0.1, -0.05) is 23.9 Å². The van der Waals surface area contributed by atoms with Crippen LogP contribution >= 0.6 is 23.5 Å². The van der Waals surface area contributed by atoms with Crippen molar-refractivity contribution in [2.24, 2.45) is 5.73 Å². The van der Waals surface area contributed by atoms with Crippen LogP contribution in [-0.4, -0.2) is 48.6 Å². The SMILES string of the molecule is N[C@@H]1C(=O)N2C(C(=O)O)=C(Sc3ccc(Cn4ccnc4)cc3)CS[C@H]12. The number of imidazole rings is 1. The zero-order valence-corrected chi connectivity index (χ0v) is 15.2. The van der Waals surface area contributed by atoms with Crippen LogP contribution in [0.1, 0.15) is 5.56 Å². The Morgan fingerprint density at radius 3 is 2.81 bits per heavy atom. The van der Waals surface area contributed by atoms with E-state index < -0.39 is 12.0 Å². The number of fused-ring (bicyclic) bond motifs is 1. The van der Waals surface area contributed by atoms with Gasteiger partial charge in [0.05, 0.1) is 6.33 Å². The summed E-state index contributed by atoms with van der Waals surface area (Å²) in [6.07, 6.45) is 5.40. The Kier molecular flexibility index (Phi) is 4.51. The second-order valence-electron chi connectivity index (χ2n) is 5.99. The summed E-state index contributed by atoms with van der Waals surface area (Å²) < 4.78 is 1.98. The number of carbonyl (C=O) groups excluding carboxylic acids is 1. The first-order chi connectivity index (χ1) is 12.5. The Morgan fingerprint density at radius 2 is 2.15 bits per heavy atom. The minimum atomic E-state index is -1.09. The third-order valence-electron chi connectivity index (χ3n) is 4.27. The molecule has 0 bridgehead atoms. The molecule has 3 N–H and O–H groups in total. The van der Waals surface area contributed by atoms with E-state index in [0.29, 0.717) is 10.7 Å². The molecule has 2 aromatic rings. The van der Waals surface area contributed by atoms with Crippen molar-refractivity contribution in [2.75, 3.05) is 5.75 Å². The van der Waals surface area contributed by atoms with Crippen molar-refractivity contribution in [1.29, 1.82) is 0 Å². The fourth-order valence-corrected chi connectivity index (χ4v) is 5.38. The van der Waals surface area contributed by atoms with Crippen LogP contribution in [0, 0.1) is 0 Å². The molecule has 1 fully saturated rings. The molecule has 0 spiro atoms. The third-order valence-corrected chi connectivity index (χ3v) is 6.84. The van der Waals surface area contributed by atoms with E-state index in [2.05, 4.69) is 4.98 Å². The largest absolute Gasteiger partial charge is 0.477 e. The summed E-state index contributed by atoms with van der Waals surface area (Å²) in [7, 11) is 0. The number of benzene rings is 1. The number of nitrogens with zero attached hydrogens (tertiary/aromatic N) is 3. The maximum absolute atomic E-state index is 12.0. The second-order valence-corrected chi connectivity index (χ2v) is 8.27. The zero-order chi connectivity index (χ0) is 18.3. The molecule has 0 unspecified atom stereocenters. The number of β-lactam (4-membered cyclic amide) rings is 1. The zero-order valence-electron chi connectivity index (χ0n) is 13.6. The number of aromatic nitrogens is 2. The van der Waals surface area contributed by atoms with Gasteiger partial charge in [0.1, 0.15) is 17.1 Å². The van der Waals surface area contributed by atoms with Crippen molar-refractivity contribution in [3.8, 4) is 0 Å². The molecule has 0 aliphatic carbocycles. The summed E-state index contributed by atoms with van der Waals surface area (Å²) in [6.45, 7) is 0.728. The van der Waals surface area contributed by atoms with Crippen LogP contribution in [0.2, 0.25) is 0 Å². The average Bonchev–Trinajstić information content (AvgIpc) is 3.15. The van der Waals surface area contributed by atoms with Gasteiger partial charge < -0.3 is 15.4 Å². The van der Waals surface area contributed by atoms with Gasteiger partial charge in [-0.25, -0.2) is 9.78 Å². The Hall–Kier alpha value is -2.23. The molecule has 2 aliphatic rings. The molecule has 134 valence electrons. The molecule has 0 radical (unpaired) electrons. The van der Waals surface area contributed by atoms with E-state index in [0.717, 1.165) is 17.0 Å². The molecular formula is C17H16N4O3S2. The van der Waals surface area contributed by atoms with E-state index in [4.69, 9.17) is 5.73 Å². The van der Waals surface area contributed by atoms with Crippen molar-refractivity contribution in [1.82, 2.24) is 14.5 Å². The van der Waals surface area contributed by atoms with Crippen LogP contribution in [0.3, 0.4) is 0 Å². The molecule has 26 heavy (non-hydrogen) atoms. The Morgan fingerprint density at radius 1 is 1.38 bits per heavy atom. The minimum Gasteiger partial charge on any atom is -0.477 e. The predicted octanol–water partition coefficient (Wildman–Crippen LogP) is 1.56.